The quantitative estimate of drug-likeness (QED) is 0.0752. The molecule has 0 atom stereocenters. The molecule has 54 heavy (non-hydrogen) atoms. The van der Waals surface area contributed by atoms with Gasteiger partial charge in [0.25, 0.3) is 11.4 Å². The molecule has 5 heterocycles. The van der Waals surface area contributed by atoms with E-state index in [1.54, 1.807) is 24.3 Å². The number of H-pyrrole nitrogens is 4. The lowest BCUT2D eigenvalue weighted by Gasteiger charge is -2.28. The summed E-state index contributed by atoms with van der Waals surface area (Å²) in [5, 5.41) is 41.0. The molecule has 1 aliphatic rings. The van der Waals surface area contributed by atoms with Gasteiger partial charge in [0.15, 0.2) is 0 Å². The van der Waals surface area contributed by atoms with Crippen molar-refractivity contribution in [2.45, 2.75) is 77.0 Å². The summed E-state index contributed by atoms with van der Waals surface area (Å²) in [6.45, 7) is 17.1. The van der Waals surface area contributed by atoms with E-state index in [9.17, 15) is 20.2 Å². The summed E-state index contributed by atoms with van der Waals surface area (Å²) in [4.78, 5) is 36.6. The number of nitrogens with one attached hydrogen (secondary N) is 4. The van der Waals surface area contributed by atoms with Crippen LogP contribution < -0.4 is 0 Å². The van der Waals surface area contributed by atoms with E-state index in [1.165, 1.54) is 24.3 Å². The molecule has 14 nitrogen and oxygen atoms in total. The predicted octanol–water partition coefficient (Wildman–Crippen LogP) is 11.3. The van der Waals surface area contributed by atoms with Crippen molar-refractivity contribution in [3.05, 3.63) is 151 Å². The van der Waals surface area contributed by atoms with E-state index < -0.39 is 26.1 Å². The molecule has 0 aliphatic carbocycles. The molecule has 6 aromatic rings. The minimum Gasteiger partial charge on any atom is -0.361 e. The van der Waals surface area contributed by atoms with Gasteiger partial charge in [-0.3, -0.25) is 20.2 Å². The van der Waals surface area contributed by atoms with E-state index >= 15 is 0 Å². The Morgan fingerprint density at radius 1 is 0.426 bits per heavy atom. The second kappa shape index (κ2) is 12.6. The highest BCUT2D eigenvalue weighted by Gasteiger charge is 2.39. The van der Waals surface area contributed by atoms with Crippen molar-refractivity contribution in [3.63, 3.8) is 0 Å². The van der Waals surface area contributed by atoms with Crippen LogP contribution in [0.1, 0.15) is 101 Å². The van der Waals surface area contributed by atoms with Gasteiger partial charge >= 0.3 is 0 Å². The summed E-state index contributed by atoms with van der Waals surface area (Å²) in [7, 11) is 0. The van der Waals surface area contributed by atoms with E-state index in [4.69, 9.17) is 10.2 Å². The van der Waals surface area contributed by atoms with Crippen molar-refractivity contribution in [2.24, 2.45) is 20.5 Å². The molecular formula is C40H42N10O4. The van der Waals surface area contributed by atoms with Crippen LogP contribution in [-0.4, -0.2) is 29.8 Å². The van der Waals surface area contributed by atoms with Crippen LogP contribution in [-0.2, 0) is 21.7 Å². The first-order valence-corrected chi connectivity index (χ1v) is 17.6. The normalized spacial score (nSPS) is 16.9. The van der Waals surface area contributed by atoms with Gasteiger partial charge in [0.2, 0.25) is 0 Å². The number of nitro groups is 2. The summed E-state index contributed by atoms with van der Waals surface area (Å²) >= 11 is 0. The van der Waals surface area contributed by atoms with Crippen molar-refractivity contribution < 1.29 is 9.85 Å². The minimum absolute atomic E-state index is 0.0322. The highest BCUT2D eigenvalue weighted by molar-refractivity contribution is 5.61. The second-order valence-electron chi connectivity index (χ2n) is 15.9. The summed E-state index contributed by atoms with van der Waals surface area (Å²) in [5.74, 6) is 0. The van der Waals surface area contributed by atoms with Crippen molar-refractivity contribution in [3.8, 4) is 0 Å². The second-order valence-corrected chi connectivity index (χ2v) is 15.9. The molecule has 8 bridgehead atoms. The largest absolute Gasteiger partial charge is 0.361 e. The summed E-state index contributed by atoms with van der Waals surface area (Å²) < 4.78 is 0. The van der Waals surface area contributed by atoms with Crippen molar-refractivity contribution in [1.82, 2.24) is 19.9 Å². The van der Waals surface area contributed by atoms with Crippen molar-refractivity contribution in [2.75, 3.05) is 0 Å². The van der Waals surface area contributed by atoms with Crippen LogP contribution in [0.3, 0.4) is 0 Å². The van der Waals surface area contributed by atoms with Crippen LogP contribution in [0.4, 0.5) is 34.1 Å². The minimum atomic E-state index is -0.794. The predicted molar refractivity (Wildman–Crippen MR) is 206 cm³/mol. The Labute approximate surface area is 311 Å². The summed E-state index contributed by atoms with van der Waals surface area (Å²) in [6.07, 6.45) is 0. The maximum atomic E-state index is 11.3. The van der Waals surface area contributed by atoms with Gasteiger partial charge in [0.05, 0.1) is 32.6 Å². The zero-order valence-corrected chi connectivity index (χ0v) is 31.4. The number of fused-ring (bicyclic) bond motifs is 8. The number of hydrogen-bond donors (Lipinski definition) is 4. The highest BCUT2D eigenvalue weighted by Crippen LogP contribution is 2.47. The zero-order valence-electron chi connectivity index (χ0n) is 31.4. The smallest absolute Gasteiger partial charge is 0.269 e. The third kappa shape index (κ3) is 6.12. The fraction of sp³-hybridized carbons (Fsp3) is 0.300. The topological polar surface area (TPSA) is 199 Å². The molecule has 4 N–H and O–H groups in total. The van der Waals surface area contributed by atoms with Crippen LogP contribution in [0.15, 0.2) is 105 Å². The molecule has 2 aromatic carbocycles. The molecule has 0 amide bonds. The first-order valence-electron chi connectivity index (χ1n) is 17.6. The van der Waals surface area contributed by atoms with Gasteiger partial charge < -0.3 is 19.9 Å². The molecule has 0 spiro atoms. The Morgan fingerprint density at radius 2 is 0.741 bits per heavy atom. The number of aromatic nitrogens is 4. The molecule has 0 radical (unpaired) electrons. The van der Waals surface area contributed by atoms with Crippen LogP contribution in [0.5, 0.6) is 0 Å². The van der Waals surface area contributed by atoms with E-state index in [2.05, 4.69) is 110 Å². The number of benzene rings is 2. The van der Waals surface area contributed by atoms with E-state index in [-0.39, 0.29) is 16.8 Å². The SMILES string of the molecule is CC1(C)c2ccc([nH]2)C(C)(C)c2cc(N=Nc3ccc([N+](=O)[O-])cc3)c([nH]2)C(C)(C)c2[nH]c(cc2N=Nc2ccc([N+](=O)[O-])cc2)C(C)(C)c2ccc1[nH]2. The Balaban J connectivity index is 1.44. The molecule has 14 heteroatoms. The Bertz CT molecular complexity index is 2280. The molecule has 0 unspecified atom stereocenters. The lowest BCUT2D eigenvalue weighted by atomic mass is 9.84. The van der Waals surface area contributed by atoms with Crippen molar-refractivity contribution >= 4 is 34.1 Å². The van der Waals surface area contributed by atoms with E-state index in [0.29, 0.717) is 22.7 Å². The van der Waals surface area contributed by atoms with Gasteiger partial charge in [-0.05, 0) is 116 Å². The lowest BCUT2D eigenvalue weighted by Crippen LogP contribution is -2.26. The maximum absolute atomic E-state index is 11.3. The molecule has 0 saturated carbocycles. The fourth-order valence-corrected chi connectivity index (χ4v) is 6.99. The molecule has 0 fully saturated rings. The van der Waals surface area contributed by atoms with Gasteiger partial charge in [0.1, 0.15) is 11.4 Å². The Morgan fingerprint density at radius 3 is 1.06 bits per heavy atom. The van der Waals surface area contributed by atoms with Gasteiger partial charge in [0, 0.05) is 80.1 Å². The summed E-state index contributed by atoms with van der Waals surface area (Å²) in [6, 6.07) is 24.4. The third-order valence-corrected chi connectivity index (χ3v) is 10.9. The molecule has 4 aromatic heterocycles. The number of hydrogen-bond acceptors (Lipinski definition) is 8. The number of rotatable bonds is 6. The van der Waals surface area contributed by atoms with Crippen LogP contribution in [0.2, 0.25) is 0 Å². The van der Waals surface area contributed by atoms with Crippen LogP contribution >= 0.6 is 0 Å². The van der Waals surface area contributed by atoms with E-state index in [0.717, 1.165) is 45.6 Å². The number of aromatic amines is 4. The van der Waals surface area contributed by atoms with Gasteiger partial charge in [-0.15, -0.1) is 10.2 Å². The molecule has 276 valence electrons. The number of azo groups is 2. The molecule has 0 saturated heterocycles. The fourth-order valence-electron chi connectivity index (χ4n) is 6.99. The average Bonchev–Trinajstić information content (AvgIpc) is 3.96. The molecular weight excluding hydrogens is 685 g/mol. The number of nitro benzene ring substituents is 2. The zero-order chi connectivity index (χ0) is 38.8. The average molecular weight is 727 g/mol. The van der Waals surface area contributed by atoms with E-state index in [1.807, 2.05) is 12.1 Å². The standard InChI is InChI=1S/C40H42N10O4/c1-37(2)29-17-19-31(41-29)38(3,4)33-21-27(47-45-23-9-13-25(14-10-23)49(51)52)35(43-33)40(7,8)36-28(48-46-24-11-15-26(16-12-24)50(53)54)22-34(44-36)39(5,6)32-20-18-30(37)42-32/h9-22,41-44H,1-8H3. The number of non-ortho nitro benzene ring substituents is 2. The highest BCUT2D eigenvalue weighted by atomic mass is 16.6. The van der Waals surface area contributed by atoms with Crippen molar-refractivity contribution in [1.29, 1.82) is 0 Å². The Kier molecular flexibility index (Phi) is 8.39. The molecule has 7 rings (SSSR count). The maximum Gasteiger partial charge on any atom is 0.269 e. The number of nitrogens with zero attached hydrogens (tertiary/aromatic N) is 6. The van der Waals surface area contributed by atoms with Crippen LogP contribution in [0, 0.1) is 20.2 Å². The first-order chi connectivity index (χ1) is 25.4. The van der Waals surface area contributed by atoms with Gasteiger partial charge in [-0.1, -0.05) is 0 Å². The van der Waals surface area contributed by atoms with Gasteiger partial charge in [-0.25, -0.2) is 0 Å². The Hall–Kier alpha value is -6.44. The first kappa shape index (κ1) is 35.9. The third-order valence-electron chi connectivity index (χ3n) is 10.9. The monoisotopic (exact) mass is 726 g/mol. The van der Waals surface area contributed by atoms with Gasteiger partial charge in [-0.2, -0.15) is 10.2 Å². The summed E-state index contributed by atoms with van der Waals surface area (Å²) in [5.41, 5.74) is 7.25. The lowest BCUT2D eigenvalue weighted by molar-refractivity contribution is -0.385. The molecule has 1 aliphatic heterocycles. The van der Waals surface area contributed by atoms with Crippen LogP contribution in [0.25, 0.3) is 0 Å².